The summed E-state index contributed by atoms with van der Waals surface area (Å²) in [6.45, 7) is 1.82. The van der Waals surface area contributed by atoms with Crippen LogP contribution in [0.4, 0.5) is 15.2 Å². The van der Waals surface area contributed by atoms with Crippen LogP contribution in [-0.4, -0.2) is 24.3 Å². The summed E-state index contributed by atoms with van der Waals surface area (Å²) in [5.74, 6) is -1.22. The van der Waals surface area contributed by atoms with Gasteiger partial charge in [0.05, 0.1) is 26.8 Å². The minimum atomic E-state index is -4.09. The van der Waals surface area contributed by atoms with Gasteiger partial charge in [0, 0.05) is 11.8 Å². The number of carbonyl (C=O) groups excluding carboxylic acids is 1. The Kier molecular flexibility index (Phi) is 5.97. The highest BCUT2D eigenvalue weighted by molar-refractivity contribution is 7.92. The van der Waals surface area contributed by atoms with Crippen LogP contribution in [0.1, 0.15) is 16.1 Å². The third kappa shape index (κ3) is 4.66. The molecule has 0 spiro atoms. The summed E-state index contributed by atoms with van der Waals surface area (Å²) in [6, 6.07) is 16.4. The van der Waals surface area contributed by atoms with E-state index in [1.807, 2.05) is 25.1 Å². The molecule has 4 rings (SSSR count). The van der Waals surface area contributed by atoms with E-state index in [0.29, 0.717) is 5.13 Å². The third-order valence-corrected chi connectivity index (χ3v) is 6.90. The minimum Gasteiger partial charge on any atom is -0.298 e. The van der Waals surface area contributed by atoms with Gasteiger partial charge in [-0.1, -0.05) is 35.6 Å². The molecule has 0 aliphatic heterocycles. The van der Waals surface area contributed by atoms with E-state index in [2.05, 4.69) is 20.0 Å². The van der Waals surface area contributed by atoms with Crippen LogP contribution in [0.2, 0.25) is 0 Å². The topological polar surface area (TPSA) is 101 Å². The quantitative estimate of drug-likeness (QED) is 0.427. The normalized spacial score (nSPS) is 11.2. The fourth-order valence-corrected chi connectivity index (χ4v) is 4.96. The average Bonchev–Trinajstić information content (AvgIpc) is 3.16. The molecular formula is C22H17FN4O3S2. The third-order valence-electron chi connectivity index (χ3n) is 4.44. The van der Waals surface area contributed by atoms with E-state index in [1.165, 1.54) is 53.8 Å². The summed E-state index contributed by atoms with van der Waals surface area (Å²) in [4.78, 5) is 22.0. The van der Waals surface area contributed by atoms with Gasteiger partial charge in [-0.2, -0.15) is 0 Å². The molecule has 32 heavy (non-hydrogen) atoms. The Morgan fingerprint density at radius 3 is 2.56 bits per heavy atom. The van der Waals surface area contributed by atoms with E-state index in [0.717, 1.165) is 22.3 Å². The molecule has 7 nitrogen and oxygen atoms in total. The number of pyridine rings is 1. The van der Waals surface area contributed by atoms with Gasteiger partial charge in [0.25, 0.3) is 15.9 Å². The van der Waals surface area contributed by atoms with E-state index in [9.17, 15) is 17.6 Å². The lowest BCUT2D eigenvalue weighted by Crippen LogP contribution is -2.16. The number of nitrogens with zero attached hydrogens (tertiary/aromatic N) is 2. The molecule has 0 radical (unpaired) electrons. The summed E-state index contributed by atoms with van der Waals surface area (Å²) >= 11 is 1.27. The van der Waals surface area contributed by atoms with Gasteiger partial charge in [0.2, 0.25) is 0 Å². The number of hydrogen-bond acceptors (Lipinski definition) is 6. The summed E-state index contributed by atoms with van der Waals surface area (Å²) in [5.41, 5.74) is 1.40. The standard InChI is InChI=1S/C22H17FN4O3S2/c1-14-20(19-11-4-5-12-24-19)31-22(25-14)26-21(28)15-7-6-8-16(13-15)32(29,30)27-18-10-3-2-9-17(18)23/h2-13,27H,1H3,(H,25,26,28). The fourth-order valence-electron chi connectivity index (χ4n) is 2.91. The Morgan fingerprint density at radius 1 is 1.03 bits per heavy atom. The molecule has 2 aromatic carbocycles. The second-order valence-corrected chi connectivity index (χ2v) is 9.40. The van der Waals surface area contributed by atoms with Crippen molar-refractivity contribution in [2.24, 2.45) is 0 Å². The molecule has 0 unspecified atom stereocenters. The maximum Gasteiger partial charge on any atom is 0.262 e. The van der Waals surface area contributed by atoms with Gasteiger partial charge in [-0.3, -0.25) is 19.8 Å². The van der Waals surface area contributed by atoms with Crippen molar-refractivity contribution in [1.82, 2.24) is 9.97 Å². The lowest BCUT2D eigenvalue weighted by atomic mass is 10.2. The fraction of sp³-hybridized carbons (Fsp3) is 0.0455. The zero-order valence-electron chi connectivity index (χ0n) is 16.7. The number of sulfonamides is 1. The molecule has 1 amide bonds. The molecule has 2 aromatic heterocycles. The average molecular weight is 469 g/mol. The summed E-state index contributed by atoms with van der Waals surface area (Å²) in [6.07, 6.45) is 1.67. The molecule has 0 saturated carbocycles. The minimum absolute atomic E-state index is 0.119. The molecule has 0 aliphatic carbocycles. The Hall–Kier alpha value is -3.63. The van der Waals surface area contributed by atoms with Gasteiger partial charge in [0.1, 0.15) is 5.82 Å². The van der Waals surface area contributed by atoms with Gasteiger partial charge in [-0.25, -0.2) is 17.8 Å². The number of thiazole rings is 1. The molecule has 0 aliphatic rings. The predicted molar refractivity (Wildman–Crippen MR) is 122 cm³/mol. The first kappa shape index (κ1) is 21.6. The molecular weight excluding hydrogens is 451 g/mol. The number of halogens is 1. The van der Waals surface area contributed by atoms with Crippen LogP contribution >= 0.6 is 11.3 Å². The molecule has 0 saturated heterocycles. The molecule has 4 aromatic rings. The smallest absolute Gasteiger partial charge is 0.262 e. The Morgan fingerprint density at radius 2 is 1.81 bits per heavy atom. The summed E-state index contributed by atoms with van der Waals surface area (Å²) < 4.78 is 41.4. The molecule has 2 N–H and O–H groups in total. The highest BCUT2D eigenvalue weighted by Crippen LogP contribution is 2.31. The number of benzene rings is 2. The zero-order valence-corrected chi connectivity index (χ0v) is 18.4. The molecule has 2 heterocycles. The van der Waals surface area contributed by atoms with Crippen molar-refractivity contribution in [2.75, 3.05) is 10.0 Å². The van der Waals surface area contributed by atoms with Crippen LogP contribution in [-0.2, 0) is 10.0 Å². The van der Waals surface area contributed by atoms with Crippen molar-refractivity contribution >= 4 is 38.1 Å². The summed E-state index contributed by atoms with van der Waals surface area (Å²) in [5, 5.41) is 3.06. The van der Waals surface area contributed by atoms with Crippen molar-refractivity contribution in [3.05, 3.63) is 90.0 Å². The van der Waals surface area contributed by atoms with Gasteiger partial charge in [-0.05, 0) is 49.4 Å². The van der Waals surface area contributed by atoms with Crippen molar-refractivity contribution in [1.29, 1.82) is 0 Å². The van der Waals surface area contributed by atoms with Crippen LogP contribution in [0, 0.1) is 12.7 Å². The predicted octanol–water partition coefficient (Wildman–Crippen LogP) is 4.71. The number of hydrogen-bond donors (Lipinski definition) is 2. The number of carbonyl (C=O) groups is 1. The Bertz CT molecular complexity index is 1390. The summed E-state index contributed by atoms with van der Waals surface area (Å²) in [7, 11) is -4.09. The Balaban J connectivity index is 1.55. The highest BCUT2D eigenvalue weighted by atomic mass is 32.2. The Labute approximate surface area is 188 Å². The van der Waals surface area contributed by atoms with E-state index >= 15 is 0 Å². The molecule has 162 valence electrons. The molecule has 0 fully saturated rings. The number of aryl methyl sites for hydroxylation is 1. The molecule has 10 heteroatoms. The van der Waals surface area contributed by atoms with Gasteiger partial charge in [0.15, 0.2) is 5.13 Å². The second kappa shape index (κ2) is 8.85. The van der Waals surface area contributed by atoms with Crippen LogP contribution in [0.3, 0.4) is 0 Å². The van der Waals surface area contributed by atoms with Gasteiger partial charge in [-0.15, -0.1) is 0 Å². The number of amides is 1. The van der Waals surface area contributed by atoms with Crippen molar-refractivity contribution in [3.8, 4) is 10.6 Å². The first-order valence-electron chi connectivity index (χ1n) is 9.41. The van der Waals surface area contributed by atoms with E-state index in [1.54, 1.807) is 6.20 Å². The largest absolute Gasteiger partial charge is 0.298 e. The first-order valence-corrected chi connectivity index (χ1v) is 11.7. The van der Waals surface area contributed by atoms with Crippen LogP contribution in [0.25, 0.3) is 10.6 Å². The lowest BCUT2D eigenvalue weighted by molar-refractivity contribution is 0.102. The number of rotatable bonds is 6. The van der Waals surface area contributed by atoms with Crippen LogP contribution < -0.4 is 10.0 Å². The number of para-hydroxylation sites is 1. The second-order valence-electron chi connectivity index (χ2n) is 6.72. The van der Waals surface area contributed by atoms with Crippen molar-refractivity contribution < 1.29 is 17.6 Å². The van der Waals surface area contributed by atoms with Crippen LogP contribution in [0.5, 0.6) is 0 Å². The van der Waals surface area contributed by atoms with E-state index in [4.69, 9.17) is 0 Å². The maximum absolute atomic E-state index is 13.8. The van der Waals surface area contributed by atoms with Crippen molar-refractivity contribution in [3.63, 3.8) is 0 Å². The number of anilines is 2. The monoisotopic (exact) mass is 468 g/mol. The van der Waals surface area contributed by atoms with E-state index in [-0.39, 0.29) is 16.1 Å². The lowest BCUT2D eigenvalue weighted by Gasteiger charge is -2.10. The van der Waals surface area contributed by atoms with Crippen molar-refractivity contribution in [2.45, 2.75) is 11.8 Å². The molecule has 0 bridgehead atoms. The van der Waals surface area contributed by atoms with Gasteiger partial charge >= 0.3 is 0 Å². The first-order chi connectivity index (χ1) is 15.3. The number of aromatic nitrogens is 2. The molecule has 0 atom stereocenters. The van der Waals surface area contributed by atoms with Crippen LogP contribution in [0.15, 0.2) is 77.8 Å². The SMILES string of the molecule is Cc1nc(NC(=O)c2cccc(S(=O)(=O)Nc3ccccc3F)c2)sc1-c1ccccn1. The zero-order chi connectivity index (χ0) is 22.7. The highest BCUT2D eigenvalue weighted by Gasteiger charge is 2.19. The maximum atomic E-state index is 13.8. The van der Waals surface area contributed by atoms with E-state index < -0.39 is 21.7 Å². The number of nitrogens with one attached hydrogen (secondary N) is 2. The van der Waals surface area contributed by atoms with Gasteiger partial charge < -0.3 is 0 Å².